The van der Waals surface area contributed by atoms with Crippen LogP contribution in [0.2, 0.25) is 10.0 Å². The summed E-state index contributed by atoms with van der Waals surface area (Å²) >= 11 is 12.3. The highest BCUT2D eigenvalue weighted by Gasteiger charge is 2.35. The zero-order chi connectivity index (χ0) is 13.3. The Balaban J connectivity index is 2.31. The Labute approximate surface area is 119 Å². The van der Waals surface area contributed by atoms with Crippen LogP contribution in [0.25, 0.3) is 0 Å². The van der Waals surface area contributed by atoms with E-state index in [4.69, 9.17) is 23.2 Å². The van der Waals surface area contributed by atoms with Gasteiger partial charge in [-0.05, 0) is 24.0 Å². The number of benzene rings is 1. The number of aliphatic hydroxyl groups is 1. The van der Waals surface area contributed by atoms with Gasteiger partial charge in [0, 0.05) is 13.1 Å². The lowest BCUT2D eigenvalue weighted by Crippen LogP contribution is -2.30. The van der Waals surface area contributed by atoms with Crippen LogP contribution >= 0.6 is 23.2 Å². The Morgan fingerprint density at radius 2 is 2.11 bits per heavy atom. The van der Waals surface area contributed by atoms with Gasteiger partial charge in [-0.25, -0.2) is 0 Å². The van der Waals surface area contributed by atoms with E-state index in [0.717, 1.165) is 25.1 Å². The first-order valence-electron chi connectivity index (χ1n) is 6.36. The van der Waals surface area contributed by atoms with Crippen LogP contribution in [0.3, 0.4) is 0 Å². The van der Waals surface area contributed by atoms with Gasteiger partial charge in [0.1, 0.15) is 0 Å². The summed E-state index contributed by atoms with van der Waals surface area (Å²) in [5, 5.41) is 11.3. The van der Waals surface area contributed by atoms with Gasteiger partial charge in [-0.3, -0.25) is 4.90 Å². The number of halogens is 2. The third-order valence-electron chi connectivity index (χ3n) is 3.37. The van der Waals surface area contributed by atoms with E-state index < -0.39 is 0 Å². The van der Waals surface area contributed by atoms with Crippen molar-refractivity contribution in [3.05, 3.63) is 33.8 Å². The average Bonchev–Trinajstić information content (AvgIpc) is 2.63. The summed E-state index contributed by atoms with van der Waals surface area (Å²) in [5.74, 6) is 0.566. The van der Waals surface area contributed by atoms with Gasteiger partial charge in [-0.15, -0.1) is 0 Å². The molecule has 1 saturated heterocycles. The van der Waals surface area contributed by atoms with E-state index in [1.807, 2.05) is 12.1 Å². The topological polar surface area (TPSA) is 23.5 Å². The summed E-state index contributed by atoms with van der Waals surface area (Å²) in [4.78, 5) is 2.30. The van der Waals surface area contributed by atoms with Crippen LogP contribution < -0.4 is 0 Å². The molecule has 1 aromatic carbocycles. The lowest BCUT2D eigenvalue weighted by atomic mass is 10.0. The van der Waals surface area contributed by atoms with Crippen molar-refractivity contribution in [3.8, 4) is 0 Å². The Morgan fingerprint density at radius 1 is 1.39 bits per heavy atom. The number of aliphatic hydroxyl groups excluding tert-OH is 1. The van der Waals surface area contributed by atoms with Crippen molar-refractivity contribution in [1.82, 2.24) is 4.90 Å². The molecule has 1 aliphatic heterocycles. The molecule has 0 amide bonds. The van der Waals surface area contributed by atoms with Crippen molar-refractivity contribution in [2.75, 3.05) is 13.1 Å². The van der Waals surface area contributed by atoms with Crippen LogP contribution in [-0.4, -0.2) is 29.2 Å². The van der Waals surface area contributed by atoms with Gasteiger partial charge < -0.3 is 5.11 Å². The summed E-state index contributed by atoms with van der Waals surface area (Å²) < 4.78 is 0. The largest absolute Gasteiger partial charge is 0.391 e. The van der Waals surface area contributed by atoms with Gasteiger partial charge in [0.25, 0.3) is 0 Å². The van der Waals surface area contributed by atoms with Crippen molar-refractivity contribution < 1.29 is 5.11 Å². The summed E-state index contributed by atoms with van der Waals surface area (Å²) in [6, 6.07) is 5.60. The molecule has 18 heavy (non-hydrogen) atoms. The van der Waals surface area contributed by atoms with Crippen molar-refractivity contribution >= 4 is 23.2 Å². The molecule has 1 aliphatic rings. The Morgan fingerprint density at radius 3 is 2.78 bits per heavy atom. The van der Waals surface area contributed by atoms with E-state index in [9.17, 15) is 5.11 Å². The molecular formula is C14H19Cl2NO. The number of hydrogen-bond donors (Lipinski definition) is 1. The SMILES string of the molecule is CC(C)CN1CCC(O)C1c1cccc(Cl)c1Cl. The first-order valence-corrected chi connectivity index (χ1v) is 7.12. The monoisotopic (exact) mass is 287 g/mol. The molecule has 2 unspecified atom stereocenters. The summed E-state index contributed by atoms with van der Waals surface area (Å²) in [6.07, 6.45) is 0.431. The molecule has 0 radical (unpaired) electrons. The molecule has 1 N–H and O–H groups in total. The second kappa shape index (κ2) is 5.79. The Bertz CT molecular complexity index is 422. The van der Waals surface area contributed by atoms with Crippen molar-refractivity contribution in [3.63, 3.8) is 0 Å². The fraction of sp³-hybridized carbons (Fsp3) is 0.571. The van der Waals surface area contributed by atoms with Crippen LogP contribution in [0.15, 0.2) is 18.2 Å². The van der Waals surface area contributed by atoms with E-state index in [0.29, 0.717) is 16.0 Å². The standard InChI is InChI=1S/C14H19Cl2NO/c1-9(2)8-17-7-6-12(18)14(17)10-4-3-5-11(15)13(10)16/h3-5,9,12,14,18H,6-8H2,1-2H3. The lowest BCUT2D eigenvalue weighted by molar-refractivity contribution is 0.110. The van der Waals surface area contributed by atoms with Crippen LogP contribution in [0, 0.1) is 5.92 Å². The van der Waals surface area contributed by atoms with Gasteiger partial charge in [0.05, 0.1) is 22.2 Å². The fourth-order valence-corrected chi connectivity index (χ4v) is 3.08. The molecule has 1 fully saturated rings. The van der Waals surface area contributed by atoms with E-state index in [2.05, 4.69) is 18.7 Å². The number of nitrogens with zero attached hydrogens (tertiary/aromatic N) is 1. The molecule has 1 aromatic rings. The minimum atomic E-state index is -0.361. The van der Waals surface area contributed by atoms with E-state index in [1.54, 1.807) is 6.07 Å². The highest BCUT2D eigenvalue weighted by atomic mass is 35.5. The highest BCUT2D eigenvalue weighted by Crippen LogP contribution is 2.38. The number of hydrogen-bond acceptors (Lipinski definition) is 2. The molecule has 0 saturated carbocycles. The minimum absolute atomic E-state index is 0.0291. The smallest absolute Gasteiger partial charge is 0.0749 e. The zero-order valence-electron chi connectivity index (χ0n) is 10.7. The van der Waals surface area contributed by atoms with Crippen molar-refractivity contribution in [2.45, 2.75) is 32.4 Å². The molecule has 0 aliphatic carbocycles. The minimum Gasteiger partial charge on any atom is -0.391 e. The summed E-state index contributed by atoms with van der Waals surface area (Å²) in [5.41, 5.74) is 0.940. The normalized spacial score (nSPS) is 25.0. The predicted molar refractivity (Wildman–Crippen MR) is 76.2 cm³/mol. The van der Waals surface area contributed by atoms with Gasteiger partial charge in [0.2, 0.25) is 0 Å². The zero-order valence-corrected chi connectivity index (χ0v) is 12.2. The van der Waals surface area contributed by atoms with Gasteiger partial charge in [-0.1, -0.05) is 49.2 Å². The third-order valence-corrected chi connectivity index (χ3v) is 4.20. The molecule has 0 aromatic heterocycles. The van der Waals surface area contributed by atoms with Gasteiger partial charge >= 0.3 is 0 Å². The molecule has 2 nitrogen and oxygen atoms in total. The van der Waals surface area contributed by atoms with Crippen LogP contribution in [0.4, 0.5) is 0 Å². The molecule has 2 rings (SSSR count). The van der Waals surface area contributed by atoms with Crippen LogP contribution in [0.1, 0.15) is 31.9 Å². The molecule has 100 valence electrons. The fourth-order valence-electron chi connectivity index (χ4n) is 2.67. The molecule has 2 atom stereocenters. The van der Waals surface area contributed by atoms with E-state index in [1.165, 1.54) is 0 Å². The Kier molecular flexibility index (Phi) is 4.54. The molecular weight excluding hydrogens is 269 g/mol. The second-order valence-electron chi connectivity index (χ2n) is 5.33. The predicted octanol–water partition coefficient (Wildman–Crippen LogP) is 3.76. The maximum Gasteiger partial charge on any atom is 0.0749 e. The maximum atomic E-state index is 10.2. The van der Waals surface area contributed by atoms with Crippen molar-refractivity contribution in [1.29, 1.82) is 0 Å². The summed E-state index contributed by atoms with van der Waals surface area (Å²) in [7, 11) is 0. The average molecular weight is 288 g/mol. The second-order valence-corrected chi connectivity index (χ2v) is 6.12. The molecule has 0 bridgehead atoms. The number of likely N-dealkylation sites (tertiary alicyclic amines) is 1. The number of rotatable bonds is 3. The molecule has 4 heteroatoms. The lowest BCUT2D eigenvalue weighted by Gasteiger charge is -2.28. The highest BCUT2D eigenvalue weighted by molar-refractivity contribution is 6.42. The van der Waals surface area contributed by atoms with E-state index in [-0.39, 0.29) is 12.1 Å². The van der Waals surface area contributed by atoms with E-state index >= 15 is 0 Å². The third kappa shape index (κ3) is 2.83. The van der Waals surface area contributed by atoms with Gasteiger partial charge in [0.15, 0.2) is 0 Å². The summed E-state index contributed by atoms with van der Waals surface area (Å²) in [6.45, 7) is 6.24. The maximum absolute atomic E-state index is 10.2. The molecule has 1 heterocycles. The van der Waals surface area contributed by atoms with Crippen LogP contribution in [-0.2, 0) is 0 Å². The van der Waals surface area contributed by atoms with Crippen LogP contribution in [0.5, 0.6) is 0 Å². The van der Waals surface area contributed by atoms with Gasteiger partial charge in [-0.2, -0.15) is 0 Å². The quantitative estimate of drug-likeness (QED) is 0.915. The first kappa shape index (κ1) is 14.1. The Hall–Kier alpha value is -0.280. The molecule has 0 spiro atoms. The van der Waals surface area contributed by atoms with Crippen molar-refractivity contribution in [2.24, 2.45) is 5.92 Å². The first-order chi connectivity index (χ1) is 8.50.